The molecule has 1 unspecified atom stereocenters. The van der Waals surface area contributed by atoms with Crippen LogP contribution in [-0.2, 0) is 19.1 Å². The maximum absolute atomic E-state index is 13.9. The van der Waals surface area contributed by atoms with Crippen LogP contribution in [0.4, 0.5) is 74.6 Å². The van der Waals surface area contributed by atoms with Gasteiger partial charge >= 0.3 is 59.6 Å². The van der Waals surface area contributed by atoms with Gasteiger partial charge in [-0.25, -0.2) is 9.59 Å². The predicted octanol–water partition coefficient (Wildman–Crippen LogP) is 6.44. The Morgan fingerprint density at radius 3 is 1.11 bits per heavy atom. The van der Waals surface area contributed by atoms with Crippen LogP contribution in [0.1, 0.15) is 20.8 Å². The summed E-state index contributed by atoms with van der Waals surface area (Å²) >= 11 is 0. The number of rotatable bonds is 11. The first-order chi connectivity index (χ1) is 16.4. The molecule has 21 heteroatoms. The molecule has 0 aromatic rings. The second-order valence-electron chi connectivity index (χ2n) is 7.47. The van der Waals surface area contributed by atoms with Gasteiger partial charge in [0.25, 0.3) is 0 Å². The van der Waals surface area contributed by atoms with Crippen LogP contribution < -0.4 is 0 Å². The monoisotopic (exact) mass is 604 g/mol. The Balaban J connectivity index is 6.39. The van der Waals surface area contributed by atoms with Crippen LogP contribution in [0.5, 0.6) is 0 Å². The Morgan fingerprint density at radius 2 is 0.789 bits per heavy atom. The largest absolute Gasteiger partial charge is 0.460 e. The minimum Gasteiger partial charge on any atom is -0.460 e. The second kappa shape index (κ2) is 10.2. The van der Waals surface area contributed by atoms with Crippen LogP contribution in [0.15, 0.2) is 12.2 Å². The van der Waals surface area contributed by atoms with Gasteiger partial charge in [0.15, 0.2) is 6.10 Å². The van der Waals surface area contributed by atoms with Crippen molar-refractivity contribution in [2.75, 3.05) is 0 Å². The van der Waals surface area contributed by atoms with Crippen molar-refractivity contribution in [2.24, 2.45) is 0 Å². The minimum absolute atomic E-state index is 0.0948. The lowest BCUT2D eigenvalue weighted by Gasteiger charge is -2.43. The van der Waals surface area contributed by atoms with Gasteiger partial charge in [-0.3, -0.25) is 0 Å². The molecule has 0 amide bonds. The fourth-order valence-electron chi connectivity index (χ4n) is 2.13. The molecule has 0 heterocycles. The van der Waals surface area contributed by atoms with Gasteiger partial charge < -0.3 is 9.47 Å². The average molecular weight is 604 g/mol. The number of ether oxygens (including phenoxy) is 2. The molecule has 0 fully saturated rings. The number of alkyl halides is 17. The Labute approximate surface area is 199 Å². The smallest absolute Gasteiger partial charge is 0.460 e. The Bertz CT molecular complexity index is 905. The molecule has 0 rings (SSSR count). The first kappa shape index (κ1) is 35.5. The van der Waals surface area contributed by atoms with E-state index < -0.39 is 78.7 Å². The summed E-state index contributed by atoms with van der Waals surface area (Å²) in [5, 5.41) is 0. The van der Waals surface area contributed by atoms with Crippen molar-refractivity contribution < 1.29 is 93.7 Å². The highest BCUT2D eigenvalue weighted by Gasteiger charge is 2.95. The fraction of sp³-hybridized carbons (Fsp3) is 0.765. The van der Waals surface area contributed by atoms with E-state index in [0.29, 0.717) is 0 Å². The van der Waals surface area contributed by atoms with E-state index in [-0.39, 0.29) is 12.2 Å². The zero-order valence-corrected chi connectivity index (χ0v) is 18.4. The lowest BCUT2D eigenvalue weighted by atomic mass is 9.88. The molecule has 224 valence electrons. The molecule has 0 spiro atoms. The van der Waals surface area contributed by atoms with Gasteiger partial charge in [-0.15, -0.1) is 0 Å². The van der Waals surface area contributed by atoms with Gasteiger partial charge in [0, 0.05) is 12.2 Å². The molecule has 0 bridgehead atoms. The Hall–Kier alpha value is -2.51. The van der Waals surface area contributed by atoms with E-state index in [9.17, 15) is 84.2 Å². The summed E-state index contributed by atoms with van der Waals surface area (Å²) in [5.41, 5.74) is 0. The molecule has 4 nitrogen and oxygen atoms in total. The van der Waals surface area contributed by atoms with E-state index >= 15 is 0 Å². The van der Waals surface area contributed by atoms with Crippen LogP contribution >= 0.6 is 0 Å². The van der Waals surface area contributed by atoms with Crippen molar-refractivity contribution in [3.8, 4) is 0 Å². The third-order valence-electron chi connectivity index (χ3n) is 4.26. The van der Waals surface area contributed by atoms with Gasteiger partial charge in [-0.1, -0.05) is 0 Å². The SMILES string of the molecule is CC(C)OC(=O)/C=C/C(=O)OC(C)C(F)(F)C(F)(F)C(F)(F)C(F)(F)C(F)(F)C(F)(F)C(F)(F)C(F)(F)F. The van der Waals surface area contributed by atoms with E-state index in [2.05, 4.69) is 9.47 Å². The first-order valence-electron chi connectivity index (χ1n) is 9.18. The summed E-state index contributed by atoms with van der Waals surface area (Å²) in [6, 6.07) is 0. The van der Waals surface area contributed by atoms with Gasteiger partial charge in [-0.05, 0) is 20.8 Å². The molecule has 38 heavy (non-hydrogen) atoms. The minimum atomic E-state index is -8.76. The van der Waals surface area contributed by atoms with Gasteiger partial charge in [0.2, 0.25) is 0 Å². The fourth-order valence-corrected chi connectivity index (χ4v) is 2.13. The van der Waals surface area contributed by atoms with Crippen molar-refractivity contribution in [2.45, 2.75) is 80.6 Å². The van der Waals surface area contributed by atoms with Crippen molar-refractivity contribution in [3.05, 3.63) is 12.2 Å². The summed E-state index contributed by atoms with van der Waals surface area (Å²) in [6.07, 6.45) is -12.8. The predicted molar refractivity (Wildman–Crippen MR) is 86.6 cm³/mol. The molecule has 0 aliphatic heterocycles. The normalized spacial score (nSPS) is 16.1. The van der Waals surface area contributed by atoms with Crippen LogP contribution in [0, 0.1) is 0 Å². The third-order valence-corrected chi connectivity index (χ3v) is 4.26. The number of halogens is 17. The average Bonchev–Trinajstić information content (AvgIpc) is 2.69. The lowest BCUT2D eigenvalue weighted by Crippen LogP contribution is -2.75. The van der Waals surface area contributed by atoms with Crippen molar-refractivity contribution in [3.63, 3.8) is 0 Å². The molecule has 0 aromatic heterocycles. The third kappa shape index (κ3) is 5.59. The quantitative estimate of drug-likeness (QED) is 0.155. The van der Waals surface area contributed by atoms with E-state index in [4.69, 9.17) is 0 Å². The zero-order valence-electron chi connectivity index (χ0n) is 18.4. The maximum atomic E-state index is 13.9. The molecule has 0 saturated carbocycles. The topological polar surface area (TPSA) is 52.6 Å². The standard InChI is InChI=1S/C17H13F17O4/c1-6(2)37-8(35)4-5-9(36)38-7(3)10(18,19)11(20,21)12(22,23)13(24,25)14(26,27)15(28,29)16(30,31)17(32,33)34/h4-7H,1-3H3/b5-4+. The number of esters is 2. The summed E-state index contributed by atoms with van der Waals surface area (Å²) in [5.74, 6) is -61.5. The highest BCUT2D eigenvalue weighted by Crippen LogP contribution is 2.64. The summed E-state index contributed by atoms with van der Waals surface area (Å²) < 4.78 is 233. The van der Waals surface area contributed by atoms with E-state index in [0.717, 1.165) is 0 Å². The Morgan fingerprint density at radius 1 is 0.500 bits per heavy atom. The van der Waals surface area contributed by atoms with Gasteiger partial charge in [0.05, 0.1) is 6.10 Å². The molecule has 0 radical (unpaired) electrons. The molecule has 0 aromatic carbocycles. The van der Waals surface area contributed by atoms with Crippen LogP contribution in [0.3, 0.4) is 0 Å². The first-order valence-corrected chi connectivity index (χ1v) is 9.18. The maximum Gasteiger partial charge on any atom is 0.460 e. The molecule has 0 N–H and O–H groups in total. The van der Waals surface area contributed by atoms with Crippen molar-refractivity contribution in [1.29, 1.82) is 0 Å². The summed E-state index contributed by atoms with van der Waals surface area (Å²) in [6.45, 7) is 2.06. The molecule has 0 aliphatic rings. The number of carbonyl (C=O) groups is 2. The van der Waals surface area contributed by atoms with E-state index in [1.807, 2.05) is 0 Å². The molecule has 0 aliphatic carbocycles. The number of hydrogen-bond acceptors (Lipinski definition) is 4. The van der Waals surface area contributed by atoms with E-state index in [1.165, 1.54) is 13.8 Å². The summed E-state index contributed by atoms with van der Waals surface area (Å²) in [7, 11) is 0. The number of hydrogen-bond donors (Lipinski definition) is 0. The van der Waals surface area contributed by atoms with Crippen molar-refractivity contribution in [1.82, 2.24) is 0 Å². The van der Waals surface area contributed by atoms with Crippen LogP contribution in [0.2, 0.25) is 0 Å². The van der Waals surface area contributed by atoms with Gasteiger partial charge in [-0.2, -0.15) is 74.6 Å². The lowest BCUT2D eigenvalue weighted by molar-refractivity contribution is -0.463. The number of carbonyl (C=O) groups excluding carboxylic acids is 2. The Kier molecular flexibility index (Phi) is 9.56. The van der Waals surface area contributed by atoms with Crippen LogP contribution in [-0.4, -0.2) is 71.8 Å². The molecular formula is C17H13F17O4. The molecule has 0 saturated heterocycles. The second-order valence-corrected chi connectivity index (χ2v) is 7.47. The molecule has 1 atom stereocenters. The van der Waals surface area contributed by atoms with Crippen LogP contribution in [0.25, 0.3) is 0 Å². The van der Waals surface area contributed by atoms with Crippen molar-refractivity contribution >= 4 is 11.9 Å². The zero-order chi connectivity index (χ0) is 31.1. The molecular weight excluding hydrogens is 591 g/mol. The summed E-state index contributed by atoms with van der Waals surface area (Å²) in [4.78, 5) is 22.4. The van der Waals surface area contributed by atoms with Gasteiger partial charge in [0.1, 0.15) is 0 Å². The van der Waals surface area contributed by atoms with E-state index in [1.54, 1.807) is 0 Å². The highest BCUT2D eigenvalue weighted by atomic mass is 19.4. The highest BCUT2D eigenvalue weighted by molar-refractivity contribution is 5.91.